The molecule has 0 radical (unpaired) electrons. The van der Waals surface area contributed by atoms with Crippen LogP contribution >= 0.6 is 0 Å². The van der Waals surface area contributed by atoms with Crippen LogP contribution in [0.5, 0.6) is 0 Å². The van der Waals surface area contributed by atoms with Crippen LogP contribution < -0.4 is 10.6 Å². The third-order valence-electron chi connectivity index (χ3n) is 14.6. The molecule has 0 unspecified atom stereocenters. The molecule has 6 atom stereocenters. The van der Waals surface area contributed by atoms with Gasteiger partial charge < -0.3 is 20.8 Å². The first-order valence-electron chi connectivity index (χ1n) is 24.9. The van der Waals surface area contributed by atoms with E-state index in [-0.39, 0.29) is 33.1 Å². The number of nitrogens with one attached hydrogen (secondary N) is 2. The predicted molar refractivity (Wildman–Crippen MR) is 269 cm³/mol. The van der Waals surface area contributed by atoms with Gasteiger partial charge in [0, 0.05) is 46.9 Å². The molecule has 0 aromatic heterocycles. The lowest BCUT2D eigenvalue weighted by atomic mass is 9.69. The van der Waals surface area contributed by atoms with Crippen molar-refractivity contribution in [2.45, 2.75) is 171 Å². The molecule has 0 fully saturated rings. The summed E-state index contributed by atoms with van der Waals surface area (Å²) in [6.07, 6.45) is 11.2. The molecule has 0 bridgehead atoms. The summed E-state index contributed by atoms with van der Waals surface area (Å²) in [5.41, 5.74) is 2.10. The molecule has 4 N–H and O–H groups in total. The van der Waals surface area contributed by atoms with Gasteiger partial charge in [-0.1, -0.05) is 159 Å². The van der Waals surface area contributed by atoms with Gasteiger partial charge in [0.25, 0.3) is 0 Å². The Hall–Kier alpha value is -4.36. The Bertz CT molecular complexity index is 2500. The maximum Gasteiger partial charge on any atom is 0.224 e. The number of rotatable bonds is 22. The van der Waals surface area contributed by atoms with E-state index in [0.29, 0.717) is 61.0 Å². The highest BCUT2D eigenvalue weighted by Crippen LogP contribution is 2.50. The van der Waals surface area contributed by atoms with Crippen LogP contribution in [0.25, 0.3) is 0 Å². The highest BCUT2D eigenvalue weighted by atomic mass is 32.2. The number of unbranched alkanes of at least 4 members (excludes halogenated alkanes) is 9. The standard InChI is InChI=1S/C55H74N2O8S2/c1-5-8-34-54(4)38-66(62,63)47-37-43(30-32-44(47)50(52(54)60)40-24-18-16-19-25-40)57-49(59)29-23-15-13-11-10-12-14-22-28-48(58)56-42-31-33-46-45(36-42)51(41-26-20-17-21-27-41)53(61)55(7-3,35-9-6-2)39-67(46,64)65/h16-21,24-27,30-33,36-37,50-53,60-61H,5-15,22-23,28-29,34-35,38-39H2,1-4H3,(H,56,58)(H,57,59)/t50-,51-,52-,53-,54-,55-/m1/s1. The van der Waals surface area contributed by atoms with Crippen LogP contribution in [-0.4, -0.2) is 62.6 Å². The fourth-order valence-electron chi connectivity index (χ4n) is 10.7. The molecule has 6 rings (SSSR count). The molecule has 364 valence electrons. The van der Waals surface area contributed by atoms with Gasteiger partial charge in [-0.25, -0.2) is 16.8 Å². The third kappa shape index (κ3) is 12.7. The molecule has 2 aliphatic rings. The zero-order chi connectivity index (χ0) is 48.2. The normalized spacial score (nSPS) is 24.1. The first-order valence-corrected chi connectivity index (χ1v) is 28.2. The van der Waals surface area contributed by atoms with E-state index in [4.69, 9.17) is 0 Å². The van der Waals surface area contributed by atoms with E-state index < -0.39 is 54.5 Å². The summed E-state index contributed by atoms with van der Waals surface area (Å²) < 4.78 is 55.9. The van der Waals surface area contributed by atoms with Gasteiger partial charge in [-0.3, -0.25) is 9.59 Å². The Kier molecular flexibility index (Phi) is 18.1. The molecule has 0 aliphatic carbocycles. The summed E-state index contributed by atoms with van der Waals surface area (Å²) in [6, 6.07) is 29.3. The van der Waals surface area contributed by atoms with Gasteiger partial charge in [-0.05, 0) is 84.7 Å². The minimum atomic E-state index is -3.78. The molecule has 4 aromatic rings. The van der Waals surface area contributed by atoms with Crippen molar-refractivity contribution in [1.82, 2.24) is 0 Å². The predicted octanol–water partition coefficient (Wildman–Crippen LogP) is 11.5. The lowest BCUT2D eigenvalue weighted by Gasteiger charge is -2.39. The minimum absolute atomic E-state index is 0.117. The number of fused-ring (bicyclic) bond motifs is 2. The van der Waals surface area contributed by atoms with Crippen molar-refractivity contribution in [2.75, 3.05) is 22.1 Å². The first kappa shape index (κ1) is 52.0. The number of amides is 2. The Morgan fingerprint density at radius 3 is 1.57 bits per heavy atom. The van der Waals surface area contributed by atoms with E-state index in [1.807, 2.05) is 74.5 Å². The van der Waals surface area contributed by atoms with E-state index in [1.54, 1.807) is 36.4 Å². The molecule has 67 heavy (non-hydrogen) atoms. The van der Waals surface area contributed by atoms with Crippen molar-refractivity contribution >= 4 is 42.9 Å². The van der Waals surface area contributed by atoms with Crippen LogP contribution in [0.15, 0.2) is 107 Å². The molecule has 2 aliphatic heterocycles. The second-order valence-electron chi connectivity index (χ2n) is 19.7. The van der Waals surface area contributed by atoms with Crippen LogP contribution in [0.4, 0.5) is 11.4 Å². The second kappa shape index (κ2) is 23.3. The summed E-state index contributed by atoms with van der Waals surface area (Å²) in [4.78, 5) is 26.6. The molecular weight excluding hydrogens is 881 g/mol. The van der Waals surface area contributed by atoms with E-state index in [0.717, 1.165) is 81.8 Å². The topological polar surface area (TPSA) is 167 Å². The summed E-state index contributed by atoms with van der Waals surface area (Å²) in [6.45, 7) is 7.99. The molecule has 0 saturated carbocycles. The van der Waals surface area contributed by atoms with Gasteiger partial charge >= 0.3 is 0 Å². The Labute approximate surface area is 400 Å². The van der Waals surface area contributed by atoms with E-state index in [1.165, 1.54) is 0 Å². The van der Waals surface area contributed by atoms with Gasteiger partial charge in [-0.15, -0.1) is 0 Å². The molecule has 10 nitrogen and oxygen atoms in total. The Morgan fingerprint density at radius 2 is 1.03 bits per heavy atom. The molecule has 4 aromatic carbocycles. The largest absolute Gasteiger partial charge is 0.392 e. The van der Waals surface area contributed by atoms with Gasteiger partial charge in [0.2, 0.25) is 11.8 Å². The molecule has 2 heterocycles. The summed E-state index contributed by atoms with van der Waals surface area (Å²) >= 11 is 0. The van der Waals surface area contributed by atoms with Gasteiger partial charge in [-0.2, -0.15) is 0 Å². The van der Waals surface area contributed by atoms with Crippen molar-refractivity contribution < 1.29 is 36.6 Å². The van der Waals surface area contributed by atoms with Gasteiger partial charge in [0.1, 0.15) is 0 Å². The number of aliphatic hydroxyl groups excluding tert-OH is 2. The summed E-state index contributed by atoms with van der Waals surface area (Å²) in [7, 11) is -7.51. The zero-order valence-electron chi connectivity index (χ0n) is 40.1. The highest BCUT2D eigenvalue weighted by Gasteiger charge is 2.50. The number of hydrogen-bond acceptors (Lipinski definition) is 8. The summed E-state index contributed by atoms with van der Waals surface area (Å²) in [5.74, 6) is -1.67. The Balaban J connectivity index is 0.947. The van der Waals surface area contributed by atoms with Crippen molar-refractivity contribution in [2.24, 2.45) is 10.8 Å². The maximum atomic E-state index is 14.0. The van der Waals surface area contributed by atoms with Crippen LogP contribution in [0, 0.1) is 10.8 Å². The molecule has 0 spiro atoms. The minimum Gasteiger partial charge on any atom is -0.392 e. The van der Waals surface area contributed by atoms with Crippen molar-refractivity contribution in [1.29, 1.82) is 0 Å². The van der Waals surface area contributed by atoms with Crippen molar-refractivity contribution in [3.05, 3.63) is 119 Å². The molecule has 0 saturated heterocycles. The number of anilines is 2. The number of hydrogen-bond donors (Lipinski definition) is 4. The molecule has 2 amide bonds. The highest BCUT2D eigenvalue weighted by molar-refractivity contribution is 7.91. The third-order valence-corrected chi connectivity index (χ3v) is 18.7. The second-order valence-corrected chi connectivity index (χ2v) is 23.6. The fraction of sp³-hybridized carbons (Fsp3) is 0.527. The van der Waals surface area contributed by atoms with Crippen LogP contribution in [0.3, 0.4) is 0 Å². The Morgan fingerprint density at radius 1 is 0.552 bits per heavy atom. The number of aliphatic hydroxyl groups is 2. The van der Waals surface area contributed by atoms with Crippen LogP contribution in [0.2, 0.25) is 0 Å². The number of sulfone groups is 2. The molecular formula is C55H74N2O8S2. The smallest absolute Gasteiger partial charge is 0.224 e. The van der Waals surface area contributed by atoms with Crippen molar-refractivity contribution in [3.63, 3.8) is 0 Å². The number of carbonyl (C=O) groups is 2. The average molecular weight is 955 g/mol. The van der Waals surface area contributed by atoms with Crippen LogP contribution in [0.1, 0.15) is 171 Å². The molecule has 12 heteroatoms. The average Bonchev–Trinajstić information content (AvgIpc) is 3.42. The monoisotopic (exact) mass is 954 g/mol. The van der Waals surface area contributed by atoms with Gasteiger partial charge in [0.15, 0.2) is 19.7 Å². The lowest BCUT2D eigenvalue weighted by Crippen LogP contribution is -2.42. The number of benzene rings is 4. The zero-order valence-corrected chi connectivity index (χ0v) is 41.8. The first-order chi connectivity index (χ1) is 32.1. The summed E-state index contributed by atoms with van der Waals surface area (Å²) in [5, 5.41) is 29.9. The van der Waals surface area contributed by atoms with E-state index in [9.17, 15) is 36.6 Å². The van der Waals surface area contributed by atoms with Crippen LogP contribution in [-0.2, 0) is 29.3 Å². The maximum absolute atomic E-state index is 14.0. The van der Waals surface area contributed by atoms with E-state index in [2.05, 4.69) is 24.5 Å². The SMILES string of the molecule is CCCC[C@]1(C)CS(=O)(=O)c2cc(NC(=O)CCCCCCCCCCC(=O)Nc3ccc4c(c3)[C@@H](c3ccccc3)[C@@H](O)[C@](CC)(CCCC)CS4(=O)=O)ccc2[C@@H](c2ccccc2)[C@H]1O. The quantitative estimate of drug-likeness (QED) is 0.0565. The van der Waals surface area contributed by atoms with E-state index >= 15 is 0 Å². The number of carbonyl (C=O) groups excluding carboxylic acids is 2. The van der Waals surface area contributed by atoms with Gasteiger partial charge in [0.05, 0.1) is 33.5 Å². The lowest BCUT2D eigenvalue weighted by molar-refractivity contribution is -0.117. The van der Waals surface area contributed by atoms with Crippen molar-refractivity contribution in [3.8, 4) is 0 Å². The fourth-order valence-corrected chi connectivity index (χ4v) is 15.1.